The first-order valence-electron chi connectivity index (χ1n) is 8.02. The van der Waals surface area contributed by atoms with Crippen LogP contribution >= 0.6 is 11.8 Å². The van der Waals surface area contributed by atoms with Gasteiger partial charge in [-0.05, 0) is 58.0 Å². The highest BCUT2D eigenvalue weighted by atomic mass is 32.2. The number of rotatable bonds is 5. The summed E-state index contributed by atoms with van der Waals surface area (Å²) in [6.45, 7) is 2.54. The molecule has 0 aromatic heterocycles. The Bertz CT molecular complexity index is 626. The molecule has 0 radical (unpaired) electrons. The quantitative estimate of drug-likeness (QED) is 0.867. The summed E-state index contributed by atoms with van der Waals surface area (Å²) in [6.07, 6.45) is 2.50. The van der Waals surface area contributed by atoms with Crippen molar-refractivity contribution in [1.29, 1.82) is 0 Å². The van der Waals surface area contributed by atoms with Gasteiger partial charge < -0.3 is 15.5 Å². The van der Waals surface area contributed by atoms with Gasteiger partial charge in [0, 0.05) is 23.0 Å². The molecule has 3 rings (SSSR count). The van der Waals surface area contributed by atoms with Crippen molar-refractivity contribution < 1.29 is 9.59 Å². The van der Waals surface area contributed by atoms with Crippen LogP contribution in [0.25, 0.3) is 0 Å². The third kappa shape index (κ3) is 3.70. The lowest BCUT2D eigenvalue weighted by Crippen LogP contribution is -2.41. The van der Waals surface area contributed by atoms with E-state index < -0.39 is 0 Å². The van der Waals surface area contributed by atoms with Crippen molar-refractivity contribution in [3.8, 4) is 0 Å². The zero-order valence-electron chi connectivity index (χ0n) is 13.8. The number of nitrogens with one attached hydrogen (secondary N) is 2. The number of carbonyl (C=O) groups is 2. The standard InChI is InChI=1S/C17H23N3O2S/c1-10-16(21)19-13-8-12(6-7-15(13)23-10)17(22)18-9-14(20(2)3)11-4-5-11/h6-8,10-11,14H,4-5,9H2,1-3H3,(H,18,22)(H,19,21)/t10-,14-/m1/s1. The van der Waals surface area contributed by atoms with Gasteiger partial charge in [-0.2, -0.15) is 0 Å². The van der Waals surface area contributed by atoms with Crippen molar-refractivity contribution in [2.45, 2.75) is 36.0 Å². The molecule has 1 aliphatic heterocycles. The number of fused-ring (bicyclic) bond motifs is 1. The molecular weight excluding hydrogens is 310 g/mol. The van der Waals surface area contributed by atoms with Crippen LogP contribution in [0.4, 0.5) is 5.69 Å². The molecule has 1 heterocycles. The number of amides is 2. The normalized spacial score (nSPS) is 21.6. The highest BCUT2D eigenvalue weighted by Gasteiger charge is 2.32. The van der Waals surface area contributed by atoms with E-state index in [1.807, 2.05) is 19.1 Å². The van der Waals surface area contributed by atoms with E-state index in [4.69, 9.17) is 0 Å². The van der Waals surface area contributed by atoms with Crippen LogP contribution in [0.3, 0.4) is 0 Å². The van der Waals surface area contributed by atoms with Crippen molar-refractivity contribution in [3.63, 3.8) is 0 Å². The Balaban J connectivity index is 1.66. The highest BCUT2D eigenvalue weighted by molar-refractivity contribution is 8.00. The van der Waals surface area contributed by atoms with Crippen LogP contribution in [0.1, 0.15) is 30.1 Å². The Morgan fingerprint density at radius 3 is 2.83 bits per heavy atom. The minimum Gasteiger partial charge on any atom is -0.350 e. The third-order valence-corrected chi connectivity index (χ3v) is 5.65. The monoisotopic (exact) mass is 333 g/mol. The number of nitrogens with zero attached hydrogens (tertiary/aromatic N) is 1. The van der Waals surface area contributed by atoms with Gasteiger partial charge in [-0.25, -0.2) is 0 Å². The summed E-state index contributed by atoms with van der Waals surface area (Å²) in [4.78, 5) is 27.4. The molecule has 1 aliphatic carbocycles. The Morgan fingerprint density at radius 1 is 1.43 bits per heavy atom. The fourth-order valence-corrected chi connectivity index (χ4v) is 3.83. The molecule has 2 atom stereocenters. The predicted molar refractivity (Wildman–Crippen MR) is 92.9 cm³/mol. The summed E-state index contributed by atoms with van der Waals surface area (Å²) < 4.78 is 0. The SMILES string of the molecule is C[C@H]1Sc2ccc(C(=O)NC[C@H](C3CC3)N(C)C)cc2NC1=O. The number of hydrogen-bond acceptors (Lipinski definition) is 4. The molecule has 2 amide bonds. The zero-order valence-corrected chi connectivity index (χ0v) is 14.6. The van der Waals surface area contributed by atoms with Crippen LogP contribution in [0.15, 0.2) is 23.1 Å². The second-order valence-electron chi connectivity index (χ2n) is 6.54. The first-order chi connectivity index (χ1) is 11.0. The van der Waals surface area contributed by atoms with Crippen molar-refractivity contribution in [3.05, 3.63) is 23.8 Å². The third-order valence-electron chi connectivity index (χ3n) is 4.47. The van der Waals surface area contributed by atoms with Gasteiger partial charge in [-0.1, -0.05) is 0 Å². The Morgan fingerprint density at radius 2 is 2.17 bits per heavy atom. The molecule has 23 heavy (non-hydrogen) atoms. The van der Waals surface area contributed by atoms with Crippen molar-refractivity contribution in [1.82, 2.24) is 10.2 Å². The zero-order chi connectivity index (χ0) is 16.6. The van der Waals surface area contributed by atoms with E-state index in [1.165, 1.54) is 24.6 Å². The number of carbonyl (C=O) groups excluding carboxylic acids is 2. The van der Waals surface area contributed by atoms with Gasteiger partial charge in [0.25, 0.3) is 5.91 Å². The van der Waals surface area contributed by atoms with Crippen LogP contribution in [-0.4, -0.2) is 48.6 Å². The Hall–Kier alpha value is -1.53. The summed E-state index contributed by atoms with van der Waals surface area (Å²) in [7, 11) is 4.12. The topological polar surface area (TPSA) is 61.4 Å². The molecule has 6 heteroatoms. The maximum absolute atomic E-state index is 12.4. The molecule has 0 spiro atoms. The number of thioether (sulfide) groups is 1. The minimum atomic E-state index is -0.0958. The summed E-state index contributed by atoms with van der Waals surface area (Å²) >= 11 is 1.52. The van der Waals surface area contributed by atoms with Crippen LogP contribution < -0.4 is 10.6 Å². The van der Waals surface area contributed by atoms with Gasteiger partial charge in [0.05, 0.1) is 10.9 Å². The van der Waals surface area contributed by atoms with Gasteiger partial charge in [0.1, 0.15) is 0 Å². The van der Waals surface area contributed by atoms with Crippen LogP contribution in [0, 0.1) is 5.92 Å². The molecule has 1 aromatic rings. The largest absolute Gasteiger partial charge is 0.350 e. The molecule has 2 aliphatic rings. The number of likely N-dealkylation sites (N-methyl/N-ethyl adjacent to an activating group) is 1. The van der Waals surface area contributed by atoms with Gasteiger partial charge in [-0.15, -0.1) is 11.8 Å². The lowest BCUT2D eigenvalue weighted by Gasteiger charge is -2.25. The fraction of sp³-hybridized carbons (Fsp3) is 0.529. The van der Waals surface area contributed by atoms with Gasteiger partial charge in [0.2, 0.25) is 5.91 Å². The Kier molecular flexibility index (Phi) is 4.64. The molecular formula is C17H23N3O2S. The molecule has 124 valence electrons. The van der Waals surface area contributed by atoms with Crippen molar-refractivity contribution >= 4 is 29.3 Å². The molecule has 5 nitrogen and oxygen atoms in total. The number of benzene rings is 1. The summed E-state index contributed by atoms with van der Waals surface area (Å²) in [5.41, 5.74) is 1.32. The smallest absolute Gasteiger partial charge is 0.251 e. The Labute approximate surface area is 141 Å². The first kappa shape index (κ1) is 16.3. The molecule has 1 saturated carbocycles. The van der Waals surface area contributed by atoms with E-state index in [0.717, 1.165) is 10.6 Å². The fourth-order valence-electron chi connectivity index (χ4n) is 2.90. The number of anilines is 1. The van der Waals surface area contributed by atoms with Gasteiger partial charge >= 0.3 is 0 Å². The summed E-state index contributed by atoms with van der Waals surface area (Å²) in [5, 5.41) is 5.80. The molecule has 2 N–H and O–H groups in total. The first-order valence-corrected chi connectivity index (χ1v) is 8.90. The predicted octanol–water partition coefficient (Wildman–Crippen LogP) is 2.19. The lowest BCUT2D eigenvalue weighted by molar-refractivity contribution is -0.115. The van der Waals surface area contributed by atoms with Crippen LogP contribution in [0.2, 0.25) is 0 Å². The second-order valence-corrected chi connectivity index (χ2v) is 7.92. The second kappa shape index (κ2) is 6.53. The maximum Gasteiger partial charge on any atom is 0.251 e. The van der Waals surface area contributed by atoms with Crippen molar-refractivity contribution in [2.24, 2.45) is 5.92 Å². The molecule has 0 saturated heterocycles. The van der Waals surface area contributed by atoms with E-state index in [0.29, 0.717) is 24.1 Å². The van der Waals surface area contributed by atoms with Gasteiger partial charge in [-0.3, -0.25) is 9.59 Å². The van der Waals surface area contributed by atoms with E-state index in [1.54, 1.807) is 6.07 Å². The summed E-state index contributed by atoms with van der Waals surface area (Å²) in [6, 6.07) is 5.90. The van der Waals surface area contributed by atoms with E-state index in [2.05, 4.69) is 29.6 Å². The molecule has 1 fully saturated rings. The minimum absolute atomic E-state index is 0.0125. The number of hydrogen-bond donors (Lipinski definition) is 2. The average Bonchev–Trinajstić information content (AvgIpc) is 3.32. The lowest BCUT2D eigenvalue weighted by atomic mass is 10.1. The van der Waals surface area contributed by atoms with E-state index >= 15 is 0 Å². The van der Waals surface area contributed by atoms with E-state index in [-0.39, 0.29) is 17.1 Å². The highest BCUT2D eigenvalue weighted by Crippen LogP contribution is 2.36. The van der Waals surface area contributed by atoms with E-state index in [9.17, 15) is 9.59 Å². The molecule has 0 unspecified atom stereocenters. The molecule has 0 bridgehead atoms. The average molecular weight is 333 g/mol. The van der Waals surface area contributed by atoms with Crippen LogP contribution in [-0.2, 0) is 4.79 Å². The van der Waals surface area contributed by atoms with Crippen LogP contribution in [0.5, 0.6) is 0 Å². The van der Waals surface area contributed by atoms with Crippen molar-refractivity contribution in [2.75, 3.05) is 26.0 Å². The summed E-state index contributed by atoms with van der Waals surface area (Å²) in [5.74, 6) is 0.602. The van der Waals surface area contributed by atoms with Gasteiger partial charge in [0.15, 0.2) is 0 Å². The molecule has 1 aromatic carbocycles. The maximum atomic E-state index is 12.4.